The number of sulfonamides is 2. The van der Waals surface area contributed by atoms with Crippen molar-refractivity contribution in [3.8, 4) is 0 Å². The largest absolute Gasteiger partial charge is 0.478 e. The number of carboxylic acid groups (broad SMARTS) is 4. The Hall–Kier alpha value is -11.9. The highest BCUT2D eigenvalue weighted by Crippen LogP contribution is 2.31. The van der Waals surface area contributed by atoms with Gasteiger partial charge in [0.25, 0.3) is 0 Å². The number of thioether (sulfide) groups is 3. The lowest BCUT2D eigenvalue weighted by atomic mass is 10.1. The van der Waals surface area contributed by atoms with E-state index in [9.17, 15) is 87.7 Å². The van der Waals surface area contributed by atoms with Crippen LogP contribution in [-0.2, 0) is 77.1 Å². The number of carbonyl (C=O) groups excluding carboxylic acids is 3. The summed E-state index contributed by atoms with van der Waals surface area (Å²) in [6.45, 7) is 3.86. The zero-order valence-corrected chi connectivity index (χ0v) is 72.0. The van der Waals surface area contributed by atoms with Crippen LogP contribution in [0, 0.1) is 0 Å². The van der Waals surface area contributed by atoms with Crippen LogP contribution in [0.5, 0.6) is 0 Å². The first kappa shape index (κ1) is 93.3. The van der Waals surface area contributed by atoms with Crippen molar-refractivity contribution >= 4 is 145 Å². The molecule has 11 aromatic rings. The predicted molar refractivity (Wildman–Crippen MR) is 481 cm³/mol. The number of hydrogen-bond acceptors (Lipinski definition) is 20. The quantitative estimate of drug-likeness (QED) is 0.0193. The molecule has 0 saturated carbocycles. The van der Waals surface area contributed by atoms with E-state index in [0.717, 1.165) is 22.7 Å². The molecule has 0 spiro atoms. The first-order valence-corrected chi connectivity index (χ1v) is 47.9. The highest BCUT2D eigenvalue weighted by molar-refractivity contribution is 8.00. The van der Waals surface area contributed by atoms with Gasteiger partial charge in [0.05, 0.1) is 60.8 Å². The lowest BCUT2D eigenvalue weighted by Gasteiger charge is -2.35. The molecule has 0 atom stereocenters. The molecule has 2 aliphatic rings. The van der Waals surface area contributed by atoms with E-state index in [-0.39, 0.29) is 96.6 Å². The molecule has 640 valence electrons. The molecule has 2 heterocycles. The number of rotatable bonds is 32. The number of amides is 3. The van der Waals surface area contributed by atoms with Crippen molar-refractivity contribution in [2.24, 2.45) is 0 Å². The number of benzene rings is 11. The van der Waals surface area contributed by atoms with Crippen LogP contribution in [-0.4, -0.2) is 174 Å². The zero-order chi connectivity index (χ0) is 87.9. The SMILES string of the molecule is O=C(CCSc1ccc(CS(=O)(=O)N2CCN(c3ccccc3)CC2)c(C(=O)O)c1)Nc1ccccc1.O=C(CCSc1ccc(CS(=O)(=O)c2ccccc2)c(C(=O)O)c1)Nc1ccccc1.O=C(CSc1ccc(CS(=O)(=O)c2ccccc2)c(C(=O)O)c1)Nc1ccccc1.O=C(O)c1ccccc1CS(=O)(=O)N1CCN(c2ccccc2)CC1. The van der Waals surface area contributed by atoms with Gasteiger partial charge < -0.3 is 46.2 Å². The first-order valence-electron chi connectivity index (χ1n) is 38.4. The smallest absolute Gasteiger partial charge is 0.336 e. The van der Waals surface area contributed by atoms with Gasteiger partial charge in [-0.1, -0.05) is 164 Å². The summed E-state index contributed by atoms with van der Waals surface area (Å²) >= 11 is 3.87. The molecule has 2 fully saturated rings. The molecule has 0 radical (unpaired) electrons. The number of nitrogens with one attached hydrogen (secondary N) is 3. The van der Waals surface area contributed by atoms with E-state index in [2.05, 4.69) is 25.8 Å². The second-order valence-corrected chi connectivity index (χ2v) is 39.0. The molecule has 11 aromatic carbocycles. The van der Waals surface area contributed by atoms with Crippen LogP contribution in [0.4, 0.5) is 28.4 Å². The number of carboxylic acids is 4. The number of aromatic carboxylic acids is 4. The summed E-state index contributed by atoms with van der Waals surface area (Å²) in [6.07, 6.45) is 0.513. The van der Waals surface area contributed by atoms with Crippen LogP contribution >= 0.6 is 35.3 Å². The van der Waals surface area contributed by atoms with Gasteiger partial charge in [0.1, 0.15) is 0 Å². The molecule has 0 bridgehead atoms. The Morgan fingerprint density at radius 1 is 0.293 bits per heavy atom. The third kappa shape index (κ3) is 28.9. The molecule has 2 aliphatic heterocycles. The van der Waals surface area contributed by atoms with E-state index < -0.39 is 75.1 Å². The molecular formula is C90H89N7O19S7. The van der Waals surface area contributed by atoms with E-state index in [1.807, 2.05) is 115 Å². The van der Waals surface area contributed by atoms with Crippen LogP contribution < -0.4 is 25.8 Å². The summed E-state index contributed by atoms with van der Waals surface area (Å²) in [5.41, 5.74) is 5.09. The Kier molecular flexibility index (Phi) is 34.4. The number of nitrogens with zero attached hydrogens (tertiary/aromatic N) is 4. The monoisotopic (exact) mass is 1800 g/mol. The third-order valence-corrected chi connectivity index (χ3v) is 29.0. The summed E-state index contributed by atoms with van der Waals surface area (Å²) in [7, 11) is -14.6. The summed E-state index contributed by atoms with van der Waals surface area (Å²) in [5, 5.41) is 46.4. The van der Waals surface area contributed by atoms with Gasteiger partial charge in [-0.15, -0.1) is 35.3 Å². The number of sulfone groups is 2. The van der Waals surface area contributed by atoms with E-state index in [0.29, 0.717) is 89.8 Å². The number of para-hydroxylation sites is 5. The molecular weight excluding hydrogens is 1710 g/mol. The van der Waals surface area contributed by atoms with Gasteiger partial charge in [-0.05, 0) is 150 Å². The minimum atomic E-state index is -3.69. The summed E-state index contributed by atoms with van der Waals surface area (Å²) in [5.74, 6) is -5.66. The number of anilines is 5. The second-order valence-electron chi connectivity index (χ2n) is 27.7. The Bertz CT molecular complexity index is 5930. The van der Waals surface area contributed by atoms with Crippen molar-refractivity contribution in [3.05, 3.63) is 336 Å². The fraction of sp³-hybridized carbons (Fsp3) is 0.189. The van der Waals surface area contributed by atoms with Crippen LogP contribution in [0.15, 0.2) is 316 Å². The molecule has 3 amide bonds. The molecule has 0 aromatic heterocycles. The molecule has 13 rings (SSSR count). The average Bonchev–Trinajstić information content (AvgIpc) is 0.817. The van der Waals surface area contributed by atoms with E-state index >= 15 is 0 Å². The first-order chi connectivity index (χ1) is 59.0. The lowest BCUT2D eigenvalue weighted by molar-refractivity contribution is -0.116. The molecule has 33 heteroatoms. The molecule has 2 saturated heterocycles. The Balaban J connectivity index is 0.000000173. The normalized spacial score (nSPS) is 13.0. The standard InChI is InChI=1S/C27H29N3O5S2.C23H21NO5S2.C22H19NO5S2.C18H20N2O4S/c31-26(28-22-7-3-1-4-8-22)13-18-36-24-12-11-21(25(19-24)27(32)33)20-37(34,35)30-16-14-29(15-17-30)23-9-5-2-6-10-23;25-22(24-18-7-3-1-4-8-18)13-14-30-19-12-11-17(21(15-19)23(26)27)16-31(28,29)20-9-5-2-6-10-20;24-21(23-17-7-3-1-4-8-17)14-29-18-12-11-16(20(13-18)22(25)26)15-30(27,28)19-9-5-2-6-10-19;21-18(22)17-9-5-4-6-15(17)14-25(23,24)20-12-10-19(11-13-20)16-7-2-1-3-8-16/h1-12,19H,13-18,20H2,(H,28,31)(H,32,33);1-12,15H,13-14,16H2,(H,24,25)(H,26,27);1-13H,14-15H2,(H,23,24)(H,25,26);1-9H,10-14H2,(H,21,22). The number of carbonyl (C=O) groups is 7. The summed E-state index contributed by atoms with van der Waals surface area (Å²) < 4.78 is 105. The number of piperazine rings is 2. The van der Waals surface area contributed by atoms with Gasteiger partial charge >= 0.3 is 23.9 Å². The Morgan fingerprint density at radius 2 is 0.569 bits per heavy atom. The fourth-order valence-corrected chi connectivity index (χ4v) is 21.2. The van der Waals surface area contributed by atoms with Crippen LogP contribution in [0.3, 0.4) is 0 Å². The third-order valence-electron chi connectivity index (χ3n) is 19.0. The van der Waals surface area contributed by atoms with E-state index in [1.54, 1.807) is 115 Å². The van der Waals surface area contributed by atoms with Crippen molar-refractivity contribution in [1.82, 2.24) is 8.61 Å². The lowest BCUT2D eigenvalue weighted by Crippen LogP contribution is -2.49. The molecule has 0 unspecified atom stereocenters. The maximum Gasteiger partial charge on any atom is 0.336 e. The van der Waals surface area contributed by atoms with Gasteiger partial charge in [-0.2, -0.15) is 8.61 Å². The van der Waals surface area contributed by atoms with Gasteiger partial charge in [0.15, 0.2) is 19.7 Å². The predicted octanol–water partition coefficient (Wildman–Crippen LogP) is 14.8. The van der Waals surface area contributed by atoms with Crippen LogP contribution in [0.1, 0.15) is 76.5 Å². The van der Waals surface area contributed by atoms with Gasteiger partial charge in [-0.25, -0.2) is 52.8 Å². The van der Waals surface area contributed by atoms with Gasteiger partial charge in [0.2, 0.25) is 37.8 Å². The van der Waals surface area contributed by atoms with Crippen LogP contribution in [0.25, 0.3) is 0 Å². The summed E-state index contributed by atoms with van der Waals surface area (Å²) in [4.78, 5) is 89.3. The molecule has 0 aliphatic carbocycles. The minimum Gasteiger partial charge on any atom is -0.478 e. The van der Waals surface area contributed by atoms with E-state index in [1.165, 1.54) is 105 Å². The van der Waals surface area contributed by atoms with Gasteiger partial charge in [-0.3, -0.25) is 14.4 Å². The van der Waals surface area contributed by atoms with Crippen molar-refractivity contribution in [2.75, 3.05) is 95.4 Å². The molecule has 123 heavy (non-hydrogen) atoms. The fourth-order valence-electron chi connectivity index (χ4n) is 12.8. The Labute approximate surface area is 727 Å². The molecule has 26 nitrogen and oxygen atoms in total. The zero-order valence-electron chi connectivity index (χ0n) is 66.3. The maximum absolute atomic E-state index is 13.1. The highest BCUT2D eigenvalue weighted by atomic mass is 32.2. The summed E-state index contributed by atoms with van der Waals surface area (Å²) in [6, 6.07) is 83.0. The minimum absolute atomic E-state index is 0.0361. The Morgan fingerprint density at radius 3 is 0.902 bits per heavy atom. The average molecular weight is 1800 g/mol. The van der Waals surface area contributed by atoms with Crippen molar-refractivity contribution in [2.45, 2.75) is 60.3 Å². The number of hydrogen-bond donors (Lipinski definition) is 7. The topological polar surface area (TPSA) is 386 Å². The van der Waals surface area contributed by atoms with Crippen molar-refractivity contribution < 1.29 is 87.7 Å². The van der Waals surface area contributed by atoms with Crippen molar-refractivity contribution in [3.63, 3.8) is 0 Å². The van der Waals surface area contributed by atoms with Crippen molar-refractivity contribution in [1.29, 1.82) is 0 Å². The van der Waals surface area contributed by atoms with Gasteiger partial charge in [0, 0.05) is 120 Å². The maximum atomic E-state index is 13.1. The van der Waals surface area contributed by atoms with E-state index in [4.69, 9.17) is 0 Å². The van der Waals surface area contributed by atoms with Crippen LogP contribution in [0.2, 0.25) is 0 Å². The molecule has 7 N–H and O–H groups in total. The highest BCUT2D eigenvalue weighted by Gasteiger charge is 2.32. The second kappa shape index (κ2) is 45.3.